The molecule has 0 fully saturated rings. The molecule has 0 saturated heterocycles. The lowest BCUT2D eigenvalue weighted by Gasteiger charge is -2.31. The van der Waals surface area contributed by atoms with Crippen LogP contribution in [0.5, 0.6) is 0 Å². The second kappa shape index (κ2) is 9.57. The van der Waals surface area contributed by atoms with Crippen LogP contribution in [0, 0.1) is 0 Å². The van der Waals surface area contributed by atoms with Crippen LogP contribution in [0.2, 0.25) is 10.0 Å². The average molecular weight is 327 g/mol. The zero-order valence-corrected chi connectivity index (χ0v) is 13.4. The smallest absolute Gasteiger partial charge is 0.402 e. The molecule has 0 aliphatic heterocycles. The van der Waals surface area contributed by atoms with Crippen LogP contribution < -0.4 is 0 Å². The Morgan fingerprint density at radius 1 is 0.850 bits per heavy atom. The summed E-state index contributed by atoms with van der Waals surface area (Å²) in [4.78, 5) is 0. The summed E-state index contributed by atoms with van der Waals surface area (Å²) >= 11 is 11.1. The second-order valence-corrected chi connectivity index (χ2v) is 5.78. The molecular formula is C12H21BCl2O5. The molecule has 0 aliphatic rings. The molecule has 0 atom stereocenters. The van der Waals surface area contributed by atoms with E-state index in [0.717, 1.165) is 0 Å². The third kappa shape index (κ3) is 14.1. The van der Waals surface area contributed by atoms with Gasteiger partial charge in [0.05, 0.1) is 11.2 Å². The van der Waals surface area contributed by atoms with Crippen molar-refractivity contribution in [3.63, 3.8) is 0 Å². The zero-order valence-electron chi connectivity index (χ0n) is 11.9. The largest absolute Gasteiger partial charge is 0.631 e. The summed E-state index contributed by atoms with van der Waals surface area (Å²) in [6.45, 7) is 6.31. The quantitative estimate of drug-likeness (QED) is 0.503. The summed E-state index contributed by atoms with van der Waals surface area (Å²) in [5.41, 5.74) is -2.01. The van der Waals surface area contributed by atoms with E-state index in [9.17, 15) is 0 Å². The molecule has 116 valence electrons. The molecule has 0 saturated carbocycles. The van der Waals surface area contributed by atoms with E-state index < -0.39 is 18.5 Å². The lowest BCUT2D eigenvalue weighted by molar-refractivity contribution is -0.107. The first-order chi connectivity index (χ1) is 8.77. The fourth-order valence-electron chi connectivity index (χ4n) is 0.460. The SMILES string of the molecule is CC(C)(O)C(C)(C)O.Clc1cccc(Cl)c1.OB(O)O. The molecule has 0 heterocycles. The van der Waals surface area contributed by atoms with Gasteiger partial charge in [0, 0.05) is 10.0 Å². The fraction of sp³-hybridized carbons (Fsp3) is 0.500. The predicted octanol–water partition coefficient (Wildman–Crippen LogP) is 1.47. The first-order valence-corrected chi connectivity index (χ1v) is 6.43. The van der Waals surface area contributed by atoms with Crippen molar-refractivity contribution in [1.82, 2.24) is 0 Å². The van der Waals surface area contributed by atoms with Crippen molar-refractivity contribution in [3.05, 3.63) is 34.3 Å². The minimum atomic E-state index is -2.17. The van der Waals surface area contributed by atoms with Crippen molar-refractivity contribution in [2.45, 2.75) is 38.9 Å². The summed E-state index contributed by atoms with van der Waals surface area (Å²) < 4.78 is 0. The van der Waals surface area contributed by atoms with Gasteiger partial charge in [-0.1, -0.05) is 29.3 Å². The maximum Gasteiger partial charge on any atom is 0.631 e. The molecule has 0 spiro atoms. The highest BCUT2D eigenvalue weighted by Gasteiger charge is 2.31. The molecule has 0 aromatic heterocycles. The van der Waals surface area contributed by atoms with Gasteiger partial charge in [0.1, 0.15) is 0 Å². The maximum absolute atomic E-state index is 9.10. The van der Waals surface area contributed by atoms with E-state index >= 15 is 0 Å². The minimum Gasteiger partial charge on any atom is -0.402 e. The van der Waals surface area contributed by atoms with Crippen LogP contribution in [0.1, 0.15) is 27.7 Å². The van der Waals surface area contributed by atoms with Crippen LogP contribution in [-0.2, 0) is 0 Å². The van der Waals surface area contributed by atoms with Gasteiger partial charge in [-0.3, -0.25) is 0 Å². The van der Waals surface area contributed by atoms with Gasteiger partial charge in [-0.2, -0.15) is 0 Å². The van der Waals surface area contributed by atoms with E-state index in [1.807, 2.05) is 6.07 Å². The molecule has 20 heavy (non-hydrogen) atoms. The van der Waals surface area contributed by atoms with Gasteiger partial charge in [-0.15, -0.1) is 0 Å². The molecule has 5 nitrogen and oxygen atoms in total. The van der Waals surface area contributed by atoms with E-state index in [1.54, 1.807) is 45.9 Å². The Morgan fingerprint density at radius 2 is 1.10 bits per heavy atom. The summed E-state index contributed by atoms with van der Waals surface area (Å²) in [5, 5.41) is 41.1. The van der Waals surface area contributed by atoms with Gasteiger partial charge in [0.2, 0.25) is 0 Å². The average Bonchev–Trinajstić information content (AvgIpc) is 2.13. The fourth-order valence-corrected chi connectivity index (χ4v) is 0.896. The Hall–Kier alpha value is -0.335. The van der Waals surface area contributed by atoms with Crippen LogP contribution in [0.15, 0.2) is 24.3 Å². The topological polar surface area (TPSA) is 101 Å². The maximum atomic E-state index is 9.10. The van der Waals surface area contributed by atoms with Crippen LogP contribution in [0.3, 0.4) is 0 Å². The van der Waals surface area contributed by atoms with Crippen LogP contribution in [0.4, 0.5) is 0 Å². The summed E-state index contributed by atoms with van der Waals surface area (Å²) in [5.74, 6) is 0. The summed E-state index contributed by atoms with van der Waals surface area (Å²) in [7, 11) is -2.17. The first-order valence-electron chi connectivity index (χ1n) is 5.67. The molecule has 0 bridgehead atoms. The van der Waals surface area contributed by atoms with E-state index in [-0.39, 0.29) is 0 Å². The number of hydrogen-bond acceptors (Lipinski definition) is 5. The third-order valence-electron chi connectivity index (χ3n) is 2.28. The van der Waals surface area contributed by atoms with Gasteiger partial charge in [-0.05, 0) is 45.9 Å². The Morgan fingerprint density at radius 3 is 1.20 bits per heavy atom. The van der Waals surface area contributed by atoms with E-state index in [4.69, 9.17) is 48.5 Å². The van der Waals surface area contributed by atoms with Crippen LogP contribution >= 0.6 is 23.2 Å². The van der Waals surface area contributed by atoms with Gasteiger partial charge in [-0.25, -0.2) is 0 Å². The van der Waals surface area contributed by atoms with Crippen molar-refractivity contribution in [3.8, 4) is 0 Å². The number of benzene rings is 1. The molecule has 5 N–H and O–H groups in total. The highest BCUT2D eigenvalue weighted by Crippen LogP contribution is 2.19. The van der Waals surface area contributed by atoms with Gasteiger partial charge < -0.3 is 25.3 Å². The van der Waals surface area contributed by atoms with Crippen LogP contribution in [-0.4, -0.2) is 43.8 Å². The minimum absolute atomic E-state index is 0.678. The first kappa shape index (κ1) is 22.0. The highest BCUT2D eigenvalue weighted by atomic mass is 35.5. The number of rotatable bonds is 1. The van der Waals surface area contributed by atoms with Crippen molar-refractivity contribution >= 4 is 30.5 Å². The van der Waals surface area contributed by atoms with Gasteiger partial charge in [0.25, 0.3) is 0 Å². The Balaban J connectivity index is 0. The number of halogens is 2. The molecule has 0 radical (unpaired) electrons. The standard InChI is InChI=1S/C6H4Cl2.C6H14O2.BH3O3/c7-5-2-1-3-6(8)4-5;1-5(2,7)6(3,4)8;2-1(3)4/h1-4H;7-8H,1-4H3;2-4H. The Bertz CT molecular complexity index is 343. The van der Waals surface area contributed by atoms with E-state index in [1.165, 1.54) is 0 Å². The highest BCUT2D eigenvalue weighted by molar-refractivity contribution is 6.34. The van der Waals surface area contributed by atoms with Crippen LogP contribution in [0.25, 0.3) is 0 Å². The third-order valence-corrected chi connectivity index (χ3v) is 2.75. The number of aliphatic hydroxyl groups is 2. The Kier molecular flexibility index (Phi) is 10.5. The molecule has 0 amide bonds. The zero-order chi connectivity index (χ0) is 16.6. The summed E-state index contributed by atoms with van der Waals surface area (Å²) in [6.07, 6.45) is 0. The van der Waals surface area contributed by atoms with Gasteiger partial charge in [0.15, 0.2) is 0 Å². The van der Waals surface area contributed by atoms with E-state index in [0.29, 0.717) is 10.0 Å². The molecule has 1 aromatic rings. The van der Waals surface area contributed by atoms with E-state index in [2.05, 4.69) is 0 Å². The second-order valence-electron chi connectivity index (χ2n) is 4.90. The molecular weight excluding hydrogens is 306 g/mol. The normalized spacial score (nSPS) is 10.8. The van der Waals surface area contributed by atoms with Crippen molar-refractivity contribution in [2.24, 2.45) is 0 Å². The monoisotopic (exact) mass is 326 g/mol. The van der Waals surface area contributed by atoms with Crippen molar-refractivity contribution in [2.75, 3.05) is 0 Å². The molecule has 0 aliphatic carbocycles. The lowest BCUT2D eigenvalue weighted by Crippen LogP contribution is -2.44. The lowest BCUT2D eigenvalue weighted by atomic mass is 9.90. The Labute approximate surface area is 129 Å². The summed E-state index contributed by atoms with van der Waals surface area (Å²) in [6, 6.07) is 7.08. The molecule has 8 heteroatoms. The van der Waals surface area contributed by atoms with Crippen molar-refractivity contribution in [1.29, 1.82) is 0 Å². The molecule has 1 aromatic carbocycles. The van der Waals surface area contributed by atoms with Gasteiger partial charge >= 0.3 is 7.32 Å². The molecule has 0 unspecified atom stereocenters. The van der Waals surface area contributed by atoms with Crippen molar-refractivity contribution < 1.29 is 25.3 Å². The molecule has 1 rings (SSSR count). The predicted molar refractivity (Wildman–Crippen MR) is 81.5 cm³/mol. The number of hydrogen-bond donors (Lipinski definition) is 5.